The highest BCUT2D eigenvalue weighted by atomic mass is 19.1. The number of nitrogens with zero attached hydrogens (tertiary/aromatic N) is 4. The van der Waals surface area contributed by atoms with E-state index < -0.39 is 23.6 Å². The smallest absolute Gasteiger partial charge is 0.252 e. The lowest BCUT2D eigenvalue weighted by Crippen LogP contribution is -2.54. The molecule has 1 saturated heterocycles. The van der Waals surface area contributed by atoms with Crippen molar-refractivity contribution in [3.8, 4) is 22.9 Å². The zero-order valence-electron chi connectivity index (χ0n) is 25.2. The fourth-order valence-electron chi connectivity index (χ4n) is 5.77. The summed E-state index contributed by atoms with van der Waals surface area (Å²) in [5, 5.41) is 6.62. The van der Waals surface area contributed by atoms with Gasteiger partial charge in [-0.3, -0.25) is 14.5 Å². The molecule has 1 N–H and O–H groups in total. The molecular formula is C32H39F2N5O5. The minimum atomic E-state index is -0.751. The number of hydrogen-bond donors (Lipinski definition) is 1. The molecule has 0 radical (unpaired) electrons. The Morgan fingerprint density at radius 1 is 1.07 bits per heavy atom. The SMILES string of the molecule is COc1ccc(C(=O)NC(C)C(=O)N2CCN(CCCOc3ccc(-c4noc(CC5CCCC5)n4)c(F)c3)CC2)cc1F. The van der Waals surface area contributed by atoms with E-state index in [-0.39, 0.29) is 28.6 Å². The van der Waals surface area contributed by atoms with E-state index in [0.717, 1.165) is 25.5 Å². The van der Waals surface area contributed by atoms with E-state index in [0.29, 0.717) is 50.3 Å². The Hall–Kier alpha value is -4.06. The number of aromatic nitrogens is 2. The van der Waals surface area contributed by atoms with Crippen LogP contribution >= 0.6 is 0 Å². The highest BCUT2D eigenvalue weighted by Crippen LogP contribution is 2.29. The Morgan fingerprint density at radius 3 is 2.55 bits per heavy atom. The van der Waals surface area contributed by atoms with Crippen LogP contribution in [0.3, 0.4) is 0 Å². The fourth-order valence-corrected chi connectivity index (χ4v) is 5.77. The molecule has 2 heterocycles. The molecule has 2 aliphatic rings. The topological polar surface area (TPSA) is 110 Å². The third kappa shape index (κ3) is 7.90. The zero-order chi connectivity index (χ0) is 31.1. The fraction of sp³-hybridized carbons (Fsp3) is 0.500. The van der Waals surface area contributed by atoms with Gasteiger partial charge in [-0.05, 0) is 62.4 Å². The van der Waals surface area contributed by atoms with E-state index >= 15 is 0 Å². The van der Waals surface area contributed by atoms with Gasteiger partial charge in [0.2, 0.25) is 17.6 Å². The van der Waals surface area contributed by atoms with E-state index in [4.69, 9.17) is 14.0 Å². The first-order valence-corrected chi connectivity index (χ1v) is 15.2. The van der Waals surface area contributed by atoms with Gasteiger partial charge in [0.25, 0.3) is 5.91 Å². The number of carbonyl (C=O) groups excluding carboxylic acids is 2. The van der Waals surface area contributed by atoms with Crippen LogP contribution in [-0.2, 0) is 11.2 Å². The van der Waals surface area contributed by atoms with Crippen molar-refractivity contribution in [2.45, 2.75) is 51.5 Å². The van der Waals surface area contributed by atoms with Crippen molar-refractivity contribution >= 4 is 11.8 Å². The standard InChI is InChI=1S/C32H39F2N5O5/c1-21(35-31(40)23-8-11-28(42-2)27(34)19-23)32(41)39-15-13-38(14-16-39)12-5-17-43-24-9-10-25(26(33)20-24)30-36-29(44-37-30)18-22-6-3-4-7-22/h8-11,19-22H,3-7,12-18H2,1-2H3,(H,35,40). The van der Waals surface area contributed by atoms with Gasteiger partial charge in [0.05, 0.1) is 19.3 Å². The van der Waals surface area contributed by atoms with E-state index in [9.17, 15) is 18.4 Å². The molecule has 236 valence electrons. The molecule has 1 saturated carbocycles. The molecule has 3 aromatic rings. The summed E-state index contributed by atoms with van der Waals surface area (Å²) < 4.78 is 44.8. The molecule has 1 aliphatic carbocycles. The number of methoxy groups -OCH3 is 1. The van der Waals surface area contributed by atoms with E-state index in [2.05, 4.69) is 20.4 Å². The van der Waals surface area contributed by atoms with Crippen LogP contribution in [0.1, 0.15) is 55.3 Å². The normalized spacial score (nSPS) is 16.6. The van der Waals surface area contributed by atoms with Gasteiger partial charge >= 0.3 is 0 Å². The number of piperazine rings is 1. The van der Waals surface area contributed by atoms with Crippen molar-refractivity contribution in [1.29, 1.82) is 0 Å². The Bertz CT molecular complexity index is 1440. The number of carbonyl (C=O) groups is 2. The minimum Gasteiger partial charge on any atom is -0.494 e. The van der Waals surface area contributed by atoms with Gasteiger partial charge in [0.1, 0.15) is 17.6 Å². The summed E-state index contributed by atoms with van der Waals surface area (Å²) >= 11 is 0. The quantitative estimate of drug-likeness (QED) is 0.299. The van der Waals surface area contributed by atoms with Crippen molar-refractivity contribution in [3.63, 3.8) is 0 Å². The molecule has 1 atom stereocenters. The van der Waals surface area contributed by atoms with E-state index in [1.54, 1.807) is 24.0 Å². The Kier molecular flexibility index (Phi) is 10.4. The van der Waals surface area contributed by atoms with E-state index in [1.807, 2.05) is 0 Å². The first-order valence-electron chi connectivity index (χ1n) is 15.2. The maximum absolute atomic E-state index is 14.8. The number of halogens is 2. The lowest BCUT2D eigenvalue weighted by Gasteiger charge is -2.36. The second-order valence-electron chi connectivity index (χ2n) is 11.4. The molecule has 1 aliphatic heterocycles. The van der Waals surface area contributed by atoms with Crippen molar-refractivity contribution in [3.05, 3.63) is 59.5 Å². The van der Waals surface area contributed by atoms with Crippen LogP contribution in [0.4, 0.5) is 8.78 Å². The third-order valence-electron chi connectivity index (χ3n) is 8.29. The maximum atomic E-state index is 14.8. The van der Waals surface area contributed by atoms with Gasteiger partial charge in [-0.1, -0.05) is 18.0 Å². The van der Waals surface area contributed by atoms with Crippen LogP contribution in [0.2, 0.25) is 0 Å². The Morgan fingerprint density at radius 2 is 1.84 bits per heavy atom. The molecule has 44 heavy (non-hydrogen) atoms. The number of rotatable bonds is 12. The number of ether oxygens (including phenoxy) is 2. The van der Waals surface area contributed by atoms with Crippen LogP contribution in [-0.4, -0.2) is 84.2 Å². The summed E-state index contributed by atoms with van der Waals surface area (Å²) in [6.07, 6.45) is 6.29. The number of benzene rings is 2. The van der Waals surface area contributed by atoms with Crippen molar-refractivity contribution in [2.24, 2.45) is 5.92 Å². The van der Waals surface area contributed by atoms with Crippen LogP contribution < -0.4 is 14.8 Å². The third-order valence-corrected chi connectivity index (χ3v) is 8.29. The molecule has 1 aromatic heterocycles. The minimum absolute atomic E-state index is 0.0437. The molecule has 1 unspecified atom stereocenters. The summed E-state index contributed by atoms with van der Waals surface area (Å²) in [5.74, 6) is 0.0353. The summed E-state index contributed by atoms with van der Waals surface area (Å²) in [5.41, 5.74) is 0.402. The Balaban J connectivity index is 1.00. The van der Waals surface area contributed by atoms with Crippen molar-refractivity contribution in [1.82, 2.24) is 25.3 Å². The van der Waals surface area contributed by atoms with Gasteiger partial charge in [-0.15, -0.1) is 0 Å². The summed E-state index contributed by atoms with van der Waals surface area (Å²) in [7, 11) is 1.35. The Labute approximate surface area is 255 Å². The number of amides is 2. The first kappa shape index (κ1) is 31.4. The monoisotopic (exact) mass is 611 g/mol. The van der Waals surface area contributed by atoms with Crippen LogP contribution in [0, 0.1) is 17.6 Å². The largest absolute Gasteiger partial charge is 0.494 e. The predicted molar refractivity (Wildman–Crippen MR) is 158 cm³/mol. The second-order valence-corrected chi connectivity index (χ2v) is 11.4. The highest BCUT2D eigenvalue weighted by molar-refractivity contribution is 5.97. The summed E-state index contributed by atoms with van der Waals surface area (Å²) in [6, 6.07) is 7.83. The molecular weight excluding hydrogens is 572 g/mol. The van der Waals surface area contributed by atoms with Gasteiger partial charge < -0.3 is 24.2 Å². The molecule has 5 rings (SSSR count). The maximum Gasteiger partial charge on any atom is 0.252 e. The zero-order valence-corrected chi connectivity index (χ0v) is 25.2. The van der Waals surface area contributed by atoms with Crippen LogP contribution in [0.25, 0.3) is 11.4 Å². The summed E-state index contributed by atoms with van der Waals surface area (Å²) in [4.78, 5) is 33.8. The van der Waals surface area contributed by atoms with Gasteiger partial charge in [-0.2, -0.15) is 4.98 Å². The highest BCUT2D eigenvalue weighted by Gasteiger charge is 2.26. The van der Waals surface area contributed by atoms with Crippen molar-refractivity contribution in [2.75, 3.05) is 46.4 Å². The van der Waals surface area contributed by atoms with Crippen LogP contribution in [0.5, 0.6) is 11.5 Å². The van der Waals surface area contributed by atoms with Gasteiger partial charge in [-0.25, -0.2) is 8.78 Å². The first-order chi connectivity index (χ1) is 21.3. The van der Waals surface area contributed by atoms with Crippen molar-refractivity contribution < 1.29 is 32.4 Å². The second kappa shape index (κ2) is 14.6. The molecule has 2 fully saturated rings. The molecule has 2 amide bonds. The van der Waals surface area contributed by atoms with E-state index in [1.165, 1.54) is 51.0 Å². The molecule has 0 spiro atoms. The summed E-state index contributed by atoms with van der Waals surface area (Å²) in [6.45, 7) is 5.24. The lowest BCUT2D eigenvalue weighted by molar-refractivity contribution is -0.134. The lowest BCUT2D eigenvalue weighted by atomic mass is 10.0. The molecule has 12 heteroatoms. The molecule has 10 nitrogen and oxygen atoms in total. The number of nitrogens with one attached hydrogen (secondary N) is 1. The average Bonchev–Trinajstić information content (AvgIpc) is 3.72. The molecule has 2 aromatic carbocycles. The van der Waals surface area contributed by atoms with Gasteiger partial charge in [0, 0.05) is 50.8 Å². The average molecular weight is 612 g/mol. The van der Waals surface area contributed by atoms with Crippen LogP contribution in [0.15, 0.2) is 40.9 Å². The van der Waals surface area contributed by atoms with Gasteiger partial charge in [0.15, 0.2) is 11.6 Å². The predicted octanol–water partition coefficient (Wildman–Crippen LogP) is 4.49. The number of hydrogen-bond acceptors (Lipinski definition) is 8. The molecule has 0 bridgehead atoms.